The van der Waals surface area contributed by atoms with Crippen LogP contribution in [0.4, 0.5) is 5.69 Å². The lowest BCUT2D eigenvalue weighted by molar-refractivity contribution is 0.416. The summed E-state index contributed by atoms with van der Waals surface area (Å²) in [4.78, 5) is 4.68. The van der Waals surface area contributed by atoms with Crippen LogP contribution in [0.3, 0.4) is 0 Å². The fraction of sp³-hybridized carbons (Fsp3) is 0.462. The number of aliphatic imine (C=N–C) groups is 1. The van der Waals surface area contributed by atoms with E-state index in [2.05, 4.69) is 4.99 Å². The predicted octanol–water partition coefficient (Wildman–Crippen LogP) is 3.73. The first-order valence-electron chi connectivity index (χ1n) is 5.59. The van der Waals surface area contributed by atoms with E-state index in [1.807, 2.05) is 24.3 Å². The van der Waals surface area contributed by atoms with Gasteiger partial charge in [0, 0.05) is 5.71 Å². The zero-order valence-electron chi connectivity index (χ0n) is 9.20. The van der Waals surface area contributed by atoms with Gasteiger partial charge in [0.1, 0.15) is 11.4 Å². The lowest BCUT2D eigenvalue weighted by Crippen LogP contribution is -2.03. The van der Waals surface area contributed by atoms with Crippen molar-refractivity contribution in [3.05, 3.63) is 24.3 Å². The van der Waals surface area contributed by atoms with Crippen molar-refractivity contribution in [1.29, 1.82) is 0 Å². The normalized spacial score (nSPS) is 16.2. The highest BCUT2D eigenvalue weighted by Gasteiger charge is 2.08. The summed E-state index contributed by atoms with van der Waals surface area (Å²) < 4.78 is 5.28. The van der Waals surface area contributed by atoms with Crippen molar-refractivity contribution in [2.24, 2.45) is 4.99 Å². The van der Waals surface area contributed by atoms with Gasteiger partial charge in [-0.25, -0.2) is 0 Å². The molecule has 2 heteroatoms. The molecular weight excluding hydrogens is 186 g/mol. The summed E-state index contributed by atoms with van der Waals surface area (Å²) in [7, 11) is 1.69. The molecule has 80 valence electrons. The molecule has 1 aliphatic carbocycles. The lowest BCUT2D eigenvalue weighted by atomic mass is 9.98. The number of benzene rings is 1. The first kappa shape index (κ1) is 10.2. The average Bonchev–Trinajstić information content (AvgIpc) is 2.31. The van der Waals surface area contributed by atoms with Gasteiger partial charge >= 0.3 is 0 Å². The highest BCUT2D eigenvalue weighted by Crippen LogP contribution is 2.28. The van der Waals surface area contributed by atoms with Gasteiger partial charge in [0.05, 0.1) is 7.11 Å². The Morgan fingerprint density at radius 1 is 1.07 bits per heavy atom. The topological polar surface area (TPSA) is 21.6 Å². The van der Waals surface area contributed by atoms with Crippen LogP contribution in [0.2, 0.25) is 0 Å². The second-order valence-electron chi connectivity index (χ2n) is 3.91. The number of ether oxygens (including phenoxy) is 1. The SMILES string of the molecule is COc1ccccc1N=C1CCCCC1. The summed E-state index contributed by atoms with van der Waals surface area (Å²) in [5, 5.41) is 0. The van der Waals surface area contributed by atoms with Crippen molar-refractivity contribution < 1.29 is 4.74 Å². The van der Waals surface area contributed by atoms with Crippen molar-refractivity contribution >= 4 is 11.4 Å². The highest BCUT2D eigenvalue weighted by molar-refractivity contribution is 5.88. The average molecular weight is 203 g/mol. The molecule has 2 nitrogen and oxygen atoms in total. The Kier molecular flexibility index (Phi) is 3.38. The standard InChI is InChI=1S/C13H17NO/c1-15-13-10-6-5-9-12(13)14-11-7-3-2-4-8-11/h5-6,9-10H,2-4,7-8H2,1H3. The fourth-order valence-electron chi connectivity index (χ4n) is 1.96. The predicted molar refractivity (Wildman–Crippen MR) is 63.2 cm³/mol. The molecule has 0 aromatic heterocycles. The molecule has 0 N–H and O–H groups in total. The first-order chi connectivity index (χ1) is 7.40. The molecule has 0 bridgehead atoms. The van der Waals surface area contributed by atoms with Crippen molar-refractivity contribution in [3.63, 3.8) is 0 Å². The molecule has 2 rings (SSSR count). The smallest absolute Gasteiger partial charge is 0.144 e. The number of methoxy groups -OCH3 is 1. The molecule has 0 radical (unpaired) electrons. The molecule has 1 saturated carbocycles. The van der Waals surface area contributed by atoms with E-state index in [9.17, 15) is 0 Å². The molecule has 0 unspecified atom stereocenters. The maximum atomic E-state index is 5.28. The summed E-state index contributed by atoms with van der Waals surface area (Å²) in [6.07, 6.45) is 6.23. The van der Waals surface area contributed by atoms with Gasteiger partial charge in [-0.15, -0.1) is 0 Å². The van der Waals surface area contributed by atoms with E-state index >= 15 is 0 Å². The molecular formula is C13H17NO. The van der Waals surface area contributed by atoms with Crippen LogP contribution in [0.1, 0.15) is 32.1 Å². The zero-order valence-corrected chi connectivity index (χ0v) is 9.20. The Hall–Kier alpha value is -1.31. The molecule has 0 amide bonds. The number of rotatable bonds is 2. The second-order valence-corrected chi connectivity index (χ2v) is 3.91. The Morgan fingerprint density at radius 2 is 1.80 bits per heavy atom. The highest BCUT2D eigenvalue weighted by atomic mass is 16.5. The summed E-state index contributed by atoms with van der Waals surface area (Å²) in [6.45, 7) is 0. The maximum Gasteiger partial charge on any atom is 0.144 e. The molecule has 1 aromatic carbocycles. The molecule has 0 spiro atoms. The van der Waals surface area contributed by atoms with Crippen LogP contribution >= 0.6 is 0 Å². The third-order valence-electron chi connectivity index (χ3n) is 2.79. The summed E-state index contributed by atoms with van der Waals surface area (Å²) in [5.74, 6) is 0.871. The van der Waals surface area contributed by atoms with Crippen molar-refractivity contribution in [3.8, 4) is 5.75 Å². The maximum absolute atomic E-state index is 5.28. The summed E-state index contributed by atoms with van der Waals surface area (Å²) in [5.41, 5.74) is 2.29. The van der Waals surface area contributed by atoms with Gasteiger partial charge in [0.2, 0.25) is 0 Å². The van der Waals surface area contributed by atoms with Crippen LogP contribution in [0, 0.1) is 0 Å². The van der Waals surface area contributed by atoms with Gasteiger partial charge in [0.15, 0.2) is 0 Å². The third-order valence-corrected chi connectivity index (χ3v) is 2.79. The van der Waals surface area contributed by atoms with Crippen LogP contribution in [0.5, 0.6) is 5.75 Å². The van der Waals surface area contributed by atoms with E-state index in [-0.39, 0.29) is 0 Å². The minimum absolute atomic E-state index is 0.871. The number of para-hydroxylation sites is 2. The van der Waals surface area contributed by atoms with Crippen molar-refractivity contribution in [1.82, 2.24) is 0 Å². The second kappa shape index (κ2) is 4.96. The quantitative estimate of drug-likeness (QED) is 0.717. The largest absolute Gasteiger partial charge is 0.494 e. The number of nitrogens with zero attached hydrogens (tertiary/aromatic N) is 1. The van der Waals surface area contributed by atoms with E-state index in [1.54, 1.807) is 7.11 Å². The molecule has 1 fully saturated rings. The zero-order chi connectivity index (χ0) is 10.5. The molecule has 15 heavy (non-hydrogen) atoms. The van der Waals surface area contributed by atoms with Crippen LogP contribution in [-0.2, 0) is 0 Å². The van der Waals surface area contributed by atoms with Crippen LogP contribution < -0.4 is 4.74 Å². The van der Waals surface area contributed by atoms with Gasteiger partial charge in [-0.2, -0.15) is 0 Å². The molecule has 1 aliphatic rings. The van der Waals surface area contributed by atoms with E-state index in [0.29, 0.717) is 0 Å². The Balaban J connectivity index is 2.21. The Bertz CT molecular complexity index is 349. The van der Waals surface area contributed by atoms with Gasteiger partial charge in [-0.3, -0.25) is 4.99 Å². The summed E-state index contributed by atoms with van der Waals surface area (Å²) >= 11 is 0. The molecule has 0 atom stereocenters. The minimum Gasteiger partial charge on any atom is -0.494 e. The number of hydrogen-bond donors (Lipinski definition) is 0. The van der Waals surface area contributed by atoms with Crippen molar-refractivity contribution in [2.75, 3.05) is 7.11 Å². The van der Waals surface area contributed by atoms with Crippen molar-refractivity contribution in [2.45, 2.75) is 32.1 Å². The van der Waals surface area contributed by atoms with E-state index in [4.69, 9.17) is 4.74 Å². The van der Waals surface area contributed by atoms with Crippen LogP contribution in [0.25, 0.3) is 0 Å². The van der Waals surface area contributed by atoms with Crippen LogP contribution in [-0.4, -0.2) is 12.8 Å². The number of hydrogen-bond acceptors (Lipinski definition) is 2. The van der Waals surface area contributed by atoms with Crippen LogP contribution in [0.15, 0.2) is 29.3 Å². The third kappa shape index (κ3) is 2.58. The van der Waals surface area contributed by atoms with Gasteiger partial charge in [0.25, 0.3) is 0 Å². The monoisotopic (exact) mass is 203 g/mol. The molecule has 1 aromatic rings. The Labute approximate surface area is 91.0 Å². The van der Waals surface area contributed by atoms with Gasteiger partial charge < -0.3 is 4.74 Å². The molecule has 0 aliphatic heterocycles. The summed E-state index contributed by atoms with van der Waals surface area (Å²) in [6, 6.07) is 7.96. The van der Waals surface area contributed by atoms with E-state index in [1.165, 1.54) is 25.0 Å². The Morgan fingerprint density at radius 3 is 2.53 bits per heavy atom. The fourth-order valence-corrected chi connectivity index (χ4v) is 1.96. The first-order valence-corrected chi connectivity index (χ1v) is 5.59. The van der Waals surface area contributed by atoms with Gasteiger partial charge in [-0.1, -0.05) is 18.6 Å². The lowest BCUT2D eigenvalue weighted by Gasteiger charge is -2.13. The molecule has 0 heterocycles. The van der Waals surface area contributed by atoms with E-state index < -0.39 is 0 Å². The molecule has 0 saturated heterocycles. The van der Waals surface area contributed by atoms with E-state index in [0.717, 1.165) is 24.3 Å². The van der Waals surface area contributed by atoms with Gasteiger partial charge in [-0.05, 0) is 37.8 Å². The minimum atomic E-state index is 0.871.